The van der Waals surface area contributed by atoms with Gasteiger partial charge >= 0.3 is 5.97 Å². The van der Waals surface area contributed by atoms with Crippen molar-refractivity contribution in [3.8, 4) is 0 Å². The number of carboxylic acids is 1. The van der Waals surface area contributed by atoms with Crippen LogP contribution in [0.1, 0.15) is 90.4 Å². The Morgan fingerprint density at radius 1 is 1.25 bits per heavy atom. The lowest BCUT2D eigenvalue weighted by Gasteiger charge is -2.45. The molecule has 0 saturated heterocycles. The highest BCUT2D eigenvalue weighted by atomic mass is 16.4. The summed E-state index contributed by atoms with van der Waals surface area (Å²) in [7, 11) is 0. The summed E-state index contributed by atoms with van der Waals surface area (Å²) < 4.78 is 0. The van der Waals surface area contributed by atoms with Crippen LogP contribution in [0.15, 0.2) is 12.2 Å². The molecule has 0 aromatic rings. The van der Waals surface area contributed by atoms with Crippen LogP contribution in [0.2, 0.25) is 0 Å². The van der Waals surface area contributed by atoms with Crippen molar-refractivity contribution in [3.63, 3.8) is 0 Å². The van der Waals surface area contributed by atoms with Gasteiger partial charge in [0.25, 0.3) is 0 Å². The van der Waals surface area contributed by atoms with Crippen molar-refractivity contribution in [3.05, 3.63) is 12.2 Å². The molecule has 2 saturated carbocycles. The Morgan fingerprint density at radius 2 is 1.96 bits per heavy atom. The Hall–Kier alpha value is -1.20. The van der Waals surface area contributed by atoms with Crippen molar-refractivity contribution in [2.24, 2.45) is 17.3 Å². The van der Waals surface area contributed by atoms with Crippen LogP contribution in [0.3, 0.4) is 0 Å². The number of Topliss-reactive ketones (excluding diaryl/α,β-unsaturated/α-hetero) is 1. The number of carboxylic acid groups (broad SMARTS) is 1. The molecular formula is C23H38O5. The molecule has 0 unspecified atom stereocenters. The number of ketones is 1. The van der Waals surface area contributed by atoms with E-state index in [1.54, 1.807) is 0 Å². The van der Waals surface area contributed by atoms with E-state index in [0.717, 1.165) is 51.4 Å². The molecule has 0 amide bonds. The normalized spacial score (nSPS) is 27.8. The summed E-state index contributed by atoms with van der Waals surface area (Å²) in [5.41, 5.74) is 0.0819. The lowest BCUT2D eigenvalue weighted by molar-refractivity contribution is -0.137. The van der Waals surface area contributed by atoms with Gasteiger partial charge in [-0.15, -0.1) is 0 Å². The van der Waals surface area contributed by atoms with Gasteiger partial charge in [0.2, 0.25) is 0 Å². The summed E-state index contributed by atoms with van der Waals surface area (Å²) in [4.78, 5) is 22.8. The summed E-state index contributed by atoms with van der Waals surface area (Å²) in [6, 6.07) is 0. The standard InChI is InChI=1S/C23H38O5/c1-2-13-23(14-8-15-23)21(26)11-7-10-18-17(19(24)16-20(18)25)9-5-3-4-6-12-22(27)28/h7,10,17-18,20-21,25-26H,2-6,8-9,11-16H2,1H3,(H,27,28)/b10-7+/t17-,18-,20-,21-/m1/s1. The smallest absolute Gasteiger partial charge is 0.303 e. The van der Waals surface area contributed by atoms with Gasteiger partial charge in [-0.2, -0.15) is 0 Å². The summed E-state index contributed by atoms with van der Waals surface area (Å²) in [6.45, 7) is 2.16. The Balaban J connectivity index is 1.79. The SMILES string of the molecule is CCCC1([C@H](O)C/C=C/[C@H]2[C@H](O)CC(=O)[C@@H]2CCCCCCC(=O)O)CCC1. The average molecular weight is 395 g/mol. The number of aliphatic hydroxyl groups is 2. The minimum Gasteiger partial charge on any atom is -0.481 e. The third-order valence-electron chi connectivity index (χ3n) is 6.91. The molecule has 160 valence electrons. The predicted molar refractivity (Wildman–Crippen MR) is 109 cm³/mol. The number of hydrogen-bond donors (Lipinski definition) is 3. The van der Waals surface area contributed by atoms with Gasteiger partial charge in [0.1, 0.15) is 5.78 Å². The van der Waals surface area contributed by atoms with Crippen molar-refractivity contribution >= 4 is 11.8 Å². The number of rotatable bonds is 13. The minimum absolute atomic E-state index is 0.0819. The number of unbranched alkanes of at least 4 members (excludes halogenated alkanes) is 3. The summed E-state index contributed by atoms with van der Waals surface area (Å²) in [5.74, 6) is -0.919. The zero-order valence-electron chi connectivity index (χ0n) is 17.3. The number of aliphatic hydroxyl groups excluding tert-OH is 2. The first-order chi connectivity index (χ1) is 13.4. The van der Waals surface area contributed by atoms with Gasteiger partial charge in [-0.3, -0.25) is 9.59 Å². The molecule has 5 nitrogen and oxygen atoms in total. The minimum atomic E-state index is -0.760. The Kier molecular flexibility index (Phi) is 9.16. The molecule has 2 fully saturated rings. The topological polar surface area (TPSA) is 94.8 Å². The molecule has 2 aliphatic carbocycles. The van der Waals surface area contributed by atoms with Crippen molar-refractivity contribution < 1.29 is 24.9 Å². The highest BCUT2D eigenvalue weighted by Crippen LogP contribution is 2.48. The maximum absolute atomic E-state index is 12.3. The van der Waals surface area contributed by atoms with E-state index in [1.807, 2.05) is 12.2 Å². The van der Waals surface area contributed by atoms with Gasteiger partial charge in [-0.25, -0.2) is 0 Å². The van der Waals surface area contributed by atoms with E-state index >= 15 is 0 Å². The second-order valence-corrected chi connectivity index (χ2v) is 8.91. The van der Waals surface area contributed by atoms with Crippen LogP contribution in [0, 0.1) is 17.3 Å². The van der Waals surface area contributed by atoms with Crippen LogP contribution in [0.25, 0.3) is 0 Å². The van der Waals surface area contributed by atoms with E-state index in [1.165, 1.54) is 6.42 Å². The van der Waals surface area contributed by atoms with Gasteiger partial charge in [0.15, 0.2) is 0 Å². The molecule has 0 heterocycles. The van der Waals surface area contributed by atoms with Crippen LogP contribution in [0.4, 0.5) is 0 Å². The third-order valence-corrected chi connectivity index (χ3v) is 6.91. The summed E-state index contributed by atoms with van der Waals surface area (Å²) in [5, 5.41) is 29.6. The predicted octanol–water partition coefficient (Wildman–Crippen LogP) is 4.26. The highest BCUT2D eigenvalue weighted by Gasteiger charge is 2.42. The van der Waals surface area contributed by atoms with Crippen LogP contribution in [-0.2, 0) is 9.59 Å². The zero-order valence-corrected chi connectivity index (χ0v) is 17.3. The zero-order chi connectivity index (χ0) is 20.6. The Bertz CT molecular complexity index is 537. The molecule has 0 bridgehead atoms. The van der Waals surface area contributed by atoms with Crippen LogP contribution < -0.4 is 0 Å². The van der Waals surface area contributed by atoms with Crippen LogP contribution in [-0.4, -0.2) is 39.3 Å². The van der Waals surface area contributed by atoms with Gasteiger partial charge < -0.3 is 15.3 Å². The van der Waals surface area contributed by atoms with Crippen LogP contribution >= 0.6 is 0 Å². The fraction of sp³-hybridized carbons (Fsp3) is 0.826. The second-order valence-electron chi connectivity index (χ2n) is 8.91. The maximum atomic E-state index is 12.3. The molecule has 0 spiro atoms. The Labute approximate surface area is 169 Å². The van der Waals surface area contributed by atoms with E-state index in [2.05, 4.69) is 6.92 Å². The fourth-order valence-electron chi connectivity index (χ4n) is 5.08. The average Bonchev–Trinajstić information content (AvgIpc) is 2.87. The van der Waals surface area contributed by atoms with Crippen molar-refractivity contribution in [2.45, 2.75) is 103 Å². The van der Waals surface area contributed by atoms with Crippen molar-refractivity contribution in [2.75, 3.05) is 0 Å². The first-order valence-corrected chi connectivity index (χ1v) is 11.2. The number of carbonyl (C=O) groups is 2. The molecule has 2 aliphatic rings. The molecule has 0 aromatic heterocycles. The quantitative estimate of drug-likeness (QED) is 0.320. The molecular weight excluding hydrogens is 356 g/mol. The lowest BCUT2D eigenvalue weighted by Crippen LogP contribution is -2.41. The molecule has 2 rings (SSSR count). The van der Waals surface area contributed by atoms with E-state index in [4.69, 9.17) is 5.11 Å². The van der Waals surface area contributed by atoms with Gasteiger partial charge in [-0.05, 0) is 43.9 Å². The maximum Gasteiger partial charge on any atom is 0.303 e. The van der Waals surface area contributed by atoms with Crippen LogP contribution in [0.5, 0.6) is 0 Å². The van der Waals surface area contributed by atoms with E-state index in [-0.39, 0.29) is 42.0 Å². The number of hydrogen-bond acceptors (Lipinski definition) is 4. The molecule has 3 N–H and O–H groups in total. The molecule has 0 radical (unpaired) electrons. The van der Waals surface area contributed by atoms with E-state index < -0.39 is 12.1 Å². The molecule has 28 heavy (non-hydrogen) atoms. The highest BCUT2D eigenvalue weighted by molar-refractivity contribution is 5.84. The van der Waals surface area contributed by atoms with Gasteiger partial charge in [-0.1, -0.05) is 51.2 Å². The van der Waals surface area contributed by atoms with E-state index in [9.17, 15) is 19.8 Å². The first-order valence-electron chi connectivity index (χ1n) is 11.2. The molecule has 5 heteroatoms. The fourth-order valence-corrected chi connectivity index (χ4v) is 5.08. The molecule has 0 aliphatic heterocycles. The van der Waals surface area contributed by atoms with Gasteiger partial charge in [0.05, 0.1) is 12.2 Å². The summed E-state index contributed by atoms with van der Waals surface area (Å²) in [6.07, 6.45) is 13.7. The second kappa shape index (κ2) is 11.1. The Morgan fingerprint density at radius 3 is 2.57 bits per heavy atom. The summed E-state index contributed by atoms with van der Waals surface area (Å²) >= 11 is 0. The van der Waals surface area contributed by atoms with Crippen molar-refractivity contribution in [1.82, 2.24) is 0 Å². The van der Waals surface area contributed by atoms with E-state index in [0.29, 0.717) is 12.8 Å². The molecule has 4 atom stereocenters. The monoisotopic (exact) mass is 394 g/mol. The number of aliphatic carboxylic acids is 1. The largest absolute Gasteiger partial charge is 0.481 e. The van der Waals surface area contributed by atoms with Gasteiger partial charge in [0, 0.05) is 24.7 Å². The first kappa shape index (κ1) is 23.1. The lowest BCUT2D eigenvalue weighted by atomic mass is 9.62. The third kappa shape index (κ3) is 6.15. The van der Waals surface area contributed by atoms with Crippen molar-refractivity contribution in [1.29, 1.82) is 0 Å². The number of carbonyl (C=O) groups excluding carboxylic acids is 1. The molecule has 0 aromatic carbocycles.